The maximum atomic E-state index is 13.7. The van der Waals surface area contributed by atoms with Crippen molar-refractivity contribution in [1.29, 1.82) is 0 Å². The van der Waals surface area contributed by atoms with Crippen LogP contribution in [0.25, 0.3) is 0 Å². The van der Waals surface area contributed by atoms with E-state index in [0.29, 0.717) is 5.69 Å². The second-order valence-corrected chi connectivity index (χ2v) is 5.20. The fourth-order valence-corrected chi connectivity index (χ4v) is 2.32. The molecule has 0 unspecified atom stereocenters. The second-order valence-electron chi connectivity index (χ2n) is 3.88. The average molecular weight is 292 g/mol. The Hall–Kier alpha value is -1.59. The van der Waals surface area contributed by atoms with Crippen LogP contribution in [0.4, 0.5) is 15.8 Å². The Bertz CT molecular complexity index is 597. The maximum absolute atomic E-state index is 13.7. The Morgan fingerprint density at radius 1 is 1.21 bits per heavy atom. The predicted octanol–water partition coefficient (Wildman–Crippen LogP) is 3.93. The zero-order valence-corrected chi connectivity index (χ0v) is 11.9. The molecule has 0 saturated heterocycles. The van der Waals surface area contributed by atoms with Gasteiger partial charge in [0.05, 0.1) is 11.3 Å². The highest BCUT2D eigenvalue weighted by Gasteiger charge is 2.11. The van der Waals surface area contributed by atoms with Crippen LogP contribution in [0.5, 0.6) is 0 Å². The van der Waals surface area contributed by atoms with Gasteiger partial charge in [-0.2, -0.15) is 0 Å². The fraction of sp³-hybridized carbons (Fsp3) is 0.0714. The van der Waals surface area contributed by atoms with E-state index in [1.165, 1.54) is 11.0 Å². The molecule has 0 bridgehead atoms. The van der Waals surface area contributed by atoms with Crippen molar-refractivity contribution in [3.63, 3.8) is 0 Å². The number of hydrogen-bond acceptors (Lipinski definition) is 3. The molecule has 98 valence electrons. The van der Waals surface area contributed by atoms with E-state index in [2.05, 4.69) is 5.32 Å². The minimum atomic E-state index is -0.418. The highest BCUT2D eigenvalue weighted by molar-refractivity contribution is 7.98. The Kier molecular flexibility index (Phi) is 4.39. The maximum Gasteiger partial charge on any atom is 0.135 e. The molecule has 0 atom stereocenters. The summed E-state index contributed by atoms with van der Waals surface area (Å²) in [6.07, 6.45) is 2.01. The molecule has 19 heavy (non-hydrogen) atoms. The first-order valence-corrected chi connectivity index (χ1v) is 7.24. The van der Waals surface area contributed by atoms with Gasteiger partial charge in [0.25, 0.3) is 0 Å². The summed E-state index contributed by atoms with van der Waals surface area (Å²) in [5.41, 5.74) is 7.24. The summed E-state index contributed by atoms with van der Waals surface area (Å²) in [5.74, 6) is -0.418. The van der Waals surface area contributed by atoms with E-state index in [1.54, 1.807) is 23.9 Å². The predicted molar refractivity (Wildman–Crippen MR) is 83.8 cm³/mol. The molecule has 5 heteroatoms. The summed E-state index contributed by atoms with van der Waals surface area (Å²) in [6.45, 7) is 0. The monoisotopic (exact) mass is 292 g/mol. The largest absolute Gasteiger partial charge is 0.389 e. The van der Waals surface area contributed by atoms with Crippen LogP contribution >= 0.6 is 24.0 Å². The number of anilines is 2. The molecule has 2 aromatic carbocycles. The molecule has 0 amide bonds. The van der Waals surface area contributed by atoms with Crippen LogP contribution in [-0.2, 0) is 0 Å². The van der Waals surface area contributed by atoms with Crippen LogP contribution in [0.15, 0.2) is 47.4 Å². The standard InChI is InChI=1S/C14H13FN2S2/c1-19-10-7-5-9(6-8-10)17-12-4-2-3-11(15)13(12)14(16)18/h2-8,17H,1H3,(H2,16,18). The van der Waals surface area contributed by atoms with Gasteiger partial charge in [-0.3, -0.25) is 0 Å². The first-order chi connectivity index (χ1) is 9.11. The van der Waals surface area contributed by atoms with E-state index in [-0.39, 0.29) is 10.6 Å². The van der Waals surface area contributed by atoms with Crippen molar-refractivity contribution < 1.29 is 4.39 Å². The number of rotatable bonds is 4. The molecule has 0 heterocycles. The third kappa shape index (κ3) is 3.24. The van der Waals surface area contributed by atoms with Gasteiger partial charge >= 0.3 is 0 Å². The fourth-order valence-electron chi connectivity index (χ4n) is 1.71. The van der Waals surface area contributed by atoms with Crippen LogP contribution in [-0.4, -0.2) is 11.2 Å². The smallest absolute Gasteiger partial charge is 0.135 e. The van der Waals surface area contributed by atoms with E-state index in [4.69, 9.17) is 18.0 Å². The minimum Gasteiger partial charge on any atom is -0.389 e. The second kappa shape index (κ2) is 6.04. The lowest BCUT2D eigenvalue weighted by Crippen LogP contribution is -2.14. The van der Waals surface area contributed by atoms with E-state index >= 15 is 0 Å². The quantitative estimate of drug-likeness (QED) is 0.661. The molecule has 0 aliphatic rings. The highest BCUT2D eigenvalue weighted by atomic mass is 32.2. The number of nitrogens with one attached hydrogen (secondary N) is 1. The summed E-state index contributed by atoms with van der Waals surface area (Å²) in [5, 5.41) is 3.13. The van der Waals surface area contributed by atoms with Crippen molar-refractivity contribution in [2.24, 2.45) is 5.73 Å². The summed E-state index contributed by atoms with van der Waals surface area (Å²) < 4.78 is 13.7. The number of thioether (sulfide) groups is 1. The van der Waals surface area contributed by atoms with Crippen LogP contribution in [0.1, 0.15) is 5.56 Å². The Morgan fingerprint density at radius 3 is 2.47 bits per heavy atom. The first-order valence-electron chi connectivity index (χ1n) is 5.61. The number of benzene rings is 2. The zero-order chi connectivity index (χ0) is 13.8. The van der Waals surface area contributed by atoms with Gasteiger partial charge in [0.15, 0.2) is 0 Å². The summed E-state index contributed by atoms with van der Waals surface area (Å²) in [7, 11) is 0. The topological polar surface area (TPSA) is 38.0 Å². The molecule has 3 N–H and O–H groups in total. The highest BCUT2D eigenvalue weighted by Crippen LogP contribution is 2.25. The van der Waals surface area contributed by atoms with Crippen LogP contribution < -0.4 is 11.1 Å². The Morgan fingerprint density at radius 2 is 1.89 bits per heavy atom. The molecule has 0 aliphatic carbocycles. The summed E-state index contributed by atoms with van der Waals surface area (Å²) in [4.78, 5) is 1.21. The molecule has 2 nitrogen and oxygen atoms in total. The zero-order valence-electron chi connectivity index (χ0n) is 10.3. The van der Waals surface area contributed by atoms with Gasteiger partial charge in [0.1, 0.15) is 10.8 Å². The average Bonchev–Trinajstić information content (AvgIpc) is 2.39. The number of halogens is 1. The molecule has 0 aromatic heterocycles. The molecule has 0 aliphatic heterocycles. The molecule has 2 aromatic rings. The van der Waals surface area contributed by atoms with Crippen molar-refractivity contribution in [3.05, 3.63) is 53.8 Å². The third-order valence-electron chi connectivity index (χ3n) is 2.63. The van der Waals surface area contributed by atoms with Gasteiger partial charge in [-0.15, -0.1) is 11.8 Å². The first kappa shape index (κ1) is 13.8. The van der Waals surface area contributed by atoms with Crippen molar-refractivity contribution in [3.8, 4) is 0 Å². The molecule has 2 rings (SSSR count). The molecular weight excluding hydrogens is 279 g/mol. The third-order valence-corrected chi connectivity index (χ3v) is 3.58. The molecule has 0 radical (unpaired) electrons. The van der Waals surface area contributed by atoms with Crippen molar-refractivity contribution in [2.45, 2.75) is 4.90 Å². The van der Waals surface area contributed by atoms with Gasteiger partial charge in [-0.1, -0.05) is 18.3 Å². The lowest BCUT2D eigenvalue weighted by atomic mass is 10.1. The lowest BCUT2D eigenvalue weighted by molar-refractivity contribution is 0.626. The van der Waals surface area contributed by atoms with Crippen molar-refractivity contribution in [2.75, 3.05) is 11.6 Å². The van der Waals surface area contributed by atoms with E-state index in [1.807, 2.05) is 30.5 Å². The van der Waals surface area contributed by atoms with Crippen molar-refractivity contribution >= 4 is 40.3 Å². The molecular formula is C14H13FN2S2. The summed E-state index contributed by atoms with van der Waals surface area (Å²) >= 11 is 6.55. The van der Waals surface area contributed by atoms with Gasteiger partial charge in [0.2, 0.25) is 0 Å². The Balaban J connectivity index is 2.32. The van der Waals surface area contributed by atoms with Crippen LogP contribution in [0.2, 0.25) is 0 Å². The SMILES string of the molecule is CSc1ccc(Nc2cccc(F)c2C(N)=S)cc1. The molecule has 0 saturated carbocycles. The number of thiocarbonyl (C=S) groups is 1. The van der Waals surface area contributed by atoms with E-state index < -0.39 is 5.82 Å². The summed E-state index contributed by atoms with van der Waals surface area (Å²) in [6, 6.07) is 12.6. The van der Waals surface area contributed by atoms with Gasteiger partial charge < -0.3 is 11.1 Å². The van der Waals surface area contributed by atoms with Crippen molar-refractivity contribution in [1.82, 2.24) is 0 Å². The number of nitrogens with two attached hydrogens (primary N) is 1. The van der Waals surface area contributed by atoms with Gasteiger partial charge in [0, 0.05) is 10.6 Å². The van der Waals surface area contributed by atoms with E-state index in [9.17, 15) is 4.39 Å². The lowest BCUT2D eigenvalue weighted by Gasteiger charge is -2.12. The van der Waals surface area contributed by atoms with Crippen LogP contribution in [0.3, 0.4) is 0 Å². The minimum absolute atomic E-state index is 0.0429. The molecule has 0 fully saturated rings. The van der Waals surface area contributed by atoms with Gasteiger partial charge in [-0.25, -0.2) is 4.39 Å². The normalized spacial score (nSPS) is 10.2. The number of hydrogen-bond donors (Lipinski definition) is 2. The van der Waals surface area contributed by atoms with Crippen LogP contribution in [0, 0.1) is 5.82 Å². The van der Waals surface area contributed by atoms with E-state index in [0.717, 1.165) is 5.69 Å². The molecule has 0 spiro atoms. The Labute approximate surface area is 121 Å². The van der Waals surface area contributed by atoms with Gasteiger partial charge in [-0.05, 0) is 42.7 Å².